The number of rotatable bonds is 10. The first-order chi connectivity index (χ1) is 19.1. The van der Waals surface area contributed by atoms with Gasteiger partial charge in [0.15, 0.2) is 0 Å². The molecule has 2 N–H and O–H groups in total. The third-order valence-electron chi connectivity index (χ3n) is 7.27. The van der Waals surface area contributed by atoms with Crippen molar-refractivity contribution in [3.05, 3.63) is 108 Å². The second kappa shape index (κ2) is 13.1. The summed E-state index contributed by atoms with van der Waals surface area (Å²) >= 11 is 0. The minimum absolute atomic E-state index is 0.0263. The van der Waals surface area contributed by atoms with Crippen LogP contribution in [0.25, 0.3) is 11.1 Å². The van der Waals surface area contributed by atoms with E-state index in [4.69, 9.17) is 4.74 Å². The lowest BCUT2D eigenvalue weighted by molar-refractivity contribution is -0.116. The van der Waals surface area contributed by atoms with E-state index in [1.807, 2.05) is 72.9 Å². The average molecular weight is 521 g/mol. The summed E-state index contributed by atoms with van der Waals surface area (Å²) in [5, 5.41) is 6.57. The highest BCUT2D eigenvalue weighted by Gasteiger charge is 2.19. The van der Waals surface area contributed by atoms with Crippen molar-refractivity contribution in [2.75, 3.05) is 30.8 Å². The third kappa shape index (κ3) is 7.68. The Labute approximate surface area is 231 Å². The van der Waals surface area contributed by atoms with E-state index in [0.717, 1.165) is 67.3 Å². The molecule has 1 fully saturated rings. The number of pyridine rings is 1. The second-order valence-electron chi connectivity index (χ2n) is 10.1. The molecule has 0 spiro atoms. The van der Waals surface area contributed by atoms with Gasteiger partial charge >= 0.3 is 0 Å². The number of aryl methyl sites for hydroxylation is 1. The van der Waals surface area contributed by atoms with Gasteiger partial charge in [0.2, 0.25) is 5.91 Å². The predicted octanol–water partition coefficient (Wildman–Crippen LogP) is 6.41. The fourth-order valence-corrected chi connectivity index (χ4v) is 4.97. The van der Waals surface area contributed by atoms with Gasteiger partial charge in [0.25, 0.3) is 0 Å². The molecule has 0 bridgehead atoms. The zero-order valence-corrected chi connectivity index (χ0v) is 22.5. The molecular formula is C33H36N4O2. The summed E-state index contributed by atoms with van der Waals surface area (Å²) < 4.78 is 5.23. The number of methoxy groups -OCH3 is 1. The fourth-order valence-electron chi connectivity index (χ4n) is 4.97. The molecule has 39 heavy (non-hydrogen) atoms. The zero-order valence-electron chi connectivity index (χ0n) is 22.5. The molecule has 1 aliphatic rings. The molecule has 0 aliphatic carbocycles. The molecule has 1 aliphatic heterocycles. The Kier molecular flexibility index (Phi) is 8.86. The van der Waals surface area contributed by atoms with Crippen LogP contribution in [0.5, 0.6) is 5.75 Å². The Morgan fingerprint density at radius 2 is 1.54 bits per heavy atom. The maximum absolute atomic E-state index is 12.5. The standard InChI is InChI=1S/C33H36N4O2/c1-39-31-16-12-28(13-17-31)27-10-14-29(15-11-27)36-33(38)18-9-25-5-7-26(8-6-25)24-37-22-19-30(20-23-37)35-32-4-2-3-21-34-32/h2-8,10-17,21,30H,9,18-20,22-24H2,1H3,(H,34,35)(H,36,38). The monoisotopic (exact) mass is 520 g/mol. The summed E-state index contributed by atoms with van der Waals surface area (Å²) in [4.78, 5) is 19.4. The van der Waals surface area contributed by atoms with Gasteiger partial charge in [0, 0.05) is 44.0 Å². The first-order valence-corrected chi connectivity index (χ1v) is 13.7. The summed E-state index contributed by atoms with van der Waals surface area (Å²) in [5.41, 5.74) is 5.52. The van der Waals surface area contributed by atoms with E-state index in [9.17, 15) is 4.79 Å². The van der Waals surface area contributed by atoms with Crippen molar-refractivity contribution in [1.29, 1.82) is 0 Å². The van der Waals surface area contributed by atoms with Crippen molar-refractivity contribution in [3.8, 4) is 16.9 Å². The van der Waals surface area contributed by atoms with Crippen LogP contribution < -0.4 is 15.4 Å². The number of hydrogen-bond acceptors (Lipinski definition) is 5. The lowest BCUT2D eigenvalue weighted by atomic mass is 10.0. The molecule has 0 radical (unpaired) electrons. The maximum Gasteiger partial charge on any atom is 0.224 e. The molecular weight excluding hydrogens is 484 g/mol. The normalized spacial score (nSPS) is 14.1. The van der Waals surface area contributed by atoms with Crippen molar-refractivity contribution in [1.82, 2.24) is 9.88 Å². The molecule has 1 saturated heterocycles. The van der Waals surface area contributed by atoms with Crippen LogP contribution in [-0.4, -0.2) is 42.0 Å². The van der Waals surface area contributed by atoms with Crippen molar-refractivity contribution in [2.24, 2.45) is 0 Å². The number of ether oxygens (including phenoxy) is 1. The molecule has 6 heteroatoms. The Morgan fingerprint density at radius 1 is 0.872 bits per heavy atom. The fraction of sp³-hybridized carbons (Fsp3) is 0.273. The third-order valence-corrected chi connectivity index (χ3v) is 7.27. The highest BCUT2D eigenvalue weighted by Crippen LogP contribution is 2.24. The van der Waals surface area contributed by atoms with E-state index in [2.05, 4.69) is 44.8 Å². The number of amides is 1. The largest absolute Gasteiger partial charge is 0.497 e. The number of piperidine rings is 1. The van der Waals surface area contributed by atoms with Crippen molar-refractivity contribution in [2.45, 2.75) is 38.3 Å². The van der Waals surface area contributed by atoms with Crippen LogP contribution in [0.2, 0.25) is 0 Å². The summed E-state index contributed by atoms with van der Waals surface area (Å²) in [5.74, 6) is 1.82. The maximum atomic E-state index is 12.5. The highest BCUT2D eigenvalue weighted by molar-refractivity contribution is 5.91. The Bertz CT molecular complexity index is 1320. The van der Waals surface area contributed by atoms with Gasteiger partial charge in [-0.1, -0.05) is 54.6 Å². The minimum Gasteiger partial charge on any atom is -0.497 e. The lowest BCUT2D eigenvalue weighted by Crippen LogP contribution is -2.38. The summed E-state index contributed by atoms with van der Waals surface area (Å²) in [6.45, 7) is 3.12. The number of anilines is 2. The number of benzene rings is 3. The van der Waals surface area contributed by atoms with Crippen LogP contribution in [0.1, 0.15) is 30.4 Å². The number of carbonyl (C=O) groups is 1. The van der Waals surface area contributed by atoms with Crippen LogP contribution in [-0.2, 0) is 17.8 Å². The molecule has 5 rings (SSSR count). The van der Waals surface area contributed by atoms with E-state index in [1.54, 1.807) is 7.11 Å². The topological polar surface area (TPSA) is 66.5 Å². The van der Waals surface area contributed by atoms with Gasteiger partial charge in [-0.2, -0.15) is 0 Å². The number of nitrogens with zero attached hydrogens (tertiary/aromatic N) is 2. The second-order valence-corrected chi connectivity index (χ2v) is 10.1. The Morgan fingerprint density at radius 3 is 2.18 bits per heavy atom. The van der Waals surface area contributed by atoms with E-state index in [0.29, 0.717) is 12.5 Å². The van der Waals surface area contributed by atoms with Gasteiger partial charge < -0.3 is 15.4 Å². The average Bonchev–Trinajstić information content (AvgIpc) is 2.99. The molecule has 0 unspecified atom stereocenters. The van der Waals surface area contributed by atoms with Crippen LogP contribution in [0.4, 0.5) is 11.5 Å². The molecule has 3 aromatic carbocycles. The quantitative estimate of drug-likeness (QED) is 0.253. The van der Waals surface area contributed by atoms with Crippen molar-refractivity contribution < 1.29 is 9.53 Å². The SMILES string of the molecule is COc1ccc(-c2ccc(NC(=O)CCc3ccc(CN4CCC(Nc5ccccn5)CC4)cc3)cc2)cc1. The van der Waals surface area contributed by atoms with Gasteiger partial charge in [0.05, 0.1) is 7.11 Å². The van der Waals surface area contributed by atoms with Gasteiger partial charge in [-0.15, -0.1) is 0 Å². The molecule has 0 atom stereocenters. The lowest BCUT2D eigenvalue weighted by Gasteiger charge is -2.32. The molecule has 1 amide bonds. The zero-order chi connectivity index (χ0) is 26.9. The highest BCUT2D eigenvalue weighted by atomic mass is 16.5. The smallest absolute Gasteiger partial charge is 0.224 e. The summed E-state index contributed by atoms with van der Waals surface area (Å²) in [6.07, 6.45) is 5.25. The Hall–Kier alpha value is -4.16. The van der Waals surface area contributed by atoms with E-state index < -0.39 is 0 Å². The molecule has 2 heterocycles. The van der Waals surface area contributed by atoms with E-state index in [1.165, 1.54) is 11.1 Å². The molecule has 4 aromatic rings. The number of likely N-dealkylation sites (tertiary alicyclic amines) is 1. The number of nitrogens with one attached hydrogen (secondary N) is 2. The molecule has 6 nitrogen and oxygen atoms in total. The van der Waals surface area contributed by atoms with Crippen molar-refractivity contribution >= 4 is 17.4 Å². The van der Waals surface area contributed by atoms with Gasteiger partial charge in [-0.25, -0.2) is 4.98 Å². The number of hydrogen-bond donors (Lipinski definition) is 2. The van der Waals surface area contributed by atoms with Gasteiger partial charge in [0.1, 0.15) is 11.6 Å². The van der Waals surface area contributed by atoms with Crippen LogP contribution >= 0.6 is 0 Å². The van der Waals surface area contributed by atoms with Crippen LogP contribution in [0.3, 0.4) is 0 Å². The van der Waals surface area contributed by atoms with E-state index in [-0.39, 0.29) is 5.91 Å². The first kappa shape index (κ1) is 26.4. The molecule has 0 saturated carbocycles. The predicted molar refractivity (Wildman–Crippen MR) is 158 cm³/mol. The minimum atomic E-state index is 0.0263. The summed E-state index contributed by atoms with van der Waals surface area (Å²) in [6, 6.07) is 31.1. The Balaban J connectivity index is 1.03. The van der Waals surface area contributed by atoms with Gasteiger partial charge in [-0.05, 0) is 77.9 Å². The number of aromatic nitrogens is 1. The van der Waals surface area contributed by atoms with Crippen LogP contribution in [0.15, 0.2) is 97.2 Å². The summed E-state index contributed by atoms with van der Waals surface area (Å²) in [7, 11) is 1.66. The van der Waals surface area contributed by atoms with Crippen LogP contribution in [0, 0.1) is 0 Å². The molecule has 200 valence electrons. The first-order valence-electron chi connectivity index (χ1n) is 13.7. The number of carbonyl (C=O) groups excluding carboxylic acids is 1. The van der Waals surface area contributed by atoms with Crippen molar-refractivity contribution in [3.63, 3.8) is 0 Å². The van der Waals surface area contributed by atoms with E-state index >= 15 is 0 Å². The van der Waals surface area contributed by atoms with Gasteiger partial charge in [-0.3, -0.25) is 9.69 Å². The molecule has 1 aromatic heterocycles.